The van der Waals surface area contributed by atoms with Crippen LogP contribution in [0.3, 0.4) is 0 Å². The van der Waals surface area contributed by atoms with Crippen LogP contribution in [0.15, 0.2) is 47.5 Å². The highest BCUT2D eigenvalue weighted by Gasteiger charge is 2.19. The van der Waals surface area contributed by atoms with Crippen LogP contribution in [0.5, 0.6) is 0 Å². The normalized spacial score (nSPS) is 16.0. The van der Waals surface area contributed by atoms with E-state index in [-0.39, 0.29) is 5.56 Å². The van der Waals surface area contributed by atoms with Gasteiger partial charge in [-0.1, -0.05) is 6.07 Å². The van der Waals surface area contributed by atoms with Gasteiger partial charge >= 0.3 is 0 Å². The first-order valence-electron chi connectivity index (χ1n) is 8.13. The zero-order valence-corrected chi connectivity index (χ0v) is 13.7. The van der Waals surface area contributed by atoms with Crippen LogP contribution in [0.25, 0.3) is 5.65 Å². The number of rotatable bonds is 3. The highest BCUT2D eigenvalue weighted by molar-refractivity contribution is 5.39. The smallest absolute Gasteiger partial charge is 0.266 e. The summed E-state index contributed by atoms with van der Waals surface area (Å²) in [5.74, 6) is 0.865. The maximum Gasteiger partial charge on any atom is 0.266 e. The Morgan fingerprint density at radius 3 is 2.67 bits per heavy atom. The number of piperazine rings is 1. The van der Waals surface area contributed by atoms with Gasteiger partial charge in [0.2, 0.25) is 0 Å². The van der Waals surface area contributed by atoms with E-state index in [1.807, 2.05) is 24.4 Å². The number of pyridine rings is 1. The van der Waals surface area contributed by atoms with E-state index < -0.39 is 0 Å². The summed E-state index contributed by atoms with van der Waals surface area (Å²) in [5.41, 5.74) is 2.00. The van der Waals surface area contributed by atoms with Crippen molar-refractivity contribution < 1.29 is 0 Å². The van der Waals surface area contributed by atoms with Crippen molar-refractivity contribution in [3.8, 4) is 0 Å². The van der Waals surface area contributed by atoms with Crippen molar-refractivity contribution in [1.82, 2.24) is 24.1 Å². The summed E-state index contributed by atoms with van der Waals surface area (Å²) in [7, 11) is 1.69. The molecule has 1 saturated heterocycles. The largest absolute Gasteiger partial charge is 0.353 e. The summed E-state index contributed by atoms with van der Waals surface area (Å²) < 4.78 is 3.44. The Morgan fingerprint density at radius 1 is 1.08 bits per heavy atom. The summed E-state index contributed by atoms with van der Waals surface area (Å²) in [4.78, 5) is 20.7. The molecule has 0 bridgehead atoms. The van der Waals surface area contributed by atoms with Crippen LogP contribution in [-0.4, -0.2) is 50.2 Å². The van der Waals surface area contributed by atoms with Crippen molar-refractivity contribution in [2.45, 2.75) is 6.54 Å². The van der Waals surface area contributed by atoms with E-state index in [1.165, 1.54) is 4.68 Å². The summed E-state index contributed by atoms with van der Waals surface area (Å²) in [6.45, 7) is 4.57. The summed E-state index contributed by atoms with van der Waals surface area (Å²) >= 11 is 0. The second-order valence-corrected chi connectivity index (χ2v) is 6.11. The fourth-order valence-electron chi connectivity index (χ4n) is 3.09. The Bertz CT molecular complexity index is 874. The minimum absolute atomic E-state index is 0.0794. The first-order chi connectivity index (χ1) is 11.7. The van der Waals surface area contributed by atoms with Crippen LogP contribution in [0.2, 0.25) is 0 Å². The van der Waals surface area contributed by atoms with Gasteiger partial charge in [0.25, 0.3) is 5.56 Å². The second-order valence-electron chi connectivity index (χ2n) is 6.11. The number of fused-ring (bicyclic) bond motifs is 1. The second kappa shape index (κ2) is 6.09. The Kier molecular flexibility index (Phi) is 3.78. The molecule has 0 radical (unpaired) electrons. The maximum atomic E-state index is 11.4. The fraction of sp³-hybridized carbons (Fsp3) is 0.353. The Labute approximate surface area is 139 Å². The molecule has 7 heteroatoms. The van der Waals surface area contributed by atoms with Gasteiger partial charge in [0.1, 0.15) is 11.5 Å². The predicted octanol–water partition coefficient (Wildman–Crippen LogP) is 0.750. The molecule has 1 fully saturated rings. The van der Waals surface area contributed by atoms with E-state index >= 15 is 0 Å². The van der Waals surface area contributed by atoms with Gasteiger partial charge in [0.05, 0.1) is 5.69 Å². The molecule has 3 aromatic heterocycles. The molecular weight excluding hydrogens is 304 g/mol. The molecule has 0 amide bonds. The lowest BCUT2D eigenvalue weighted by Gasteiger charge is -2.34. The molecule has 7 nitrogen and oxygen atoms in total. The lowest BCUT2D eigenvalue weighted by Crippen LogP contribution is -2.46. The zero-order valence-electron chi connectivity index (χ0n) is 13.7. The van der Waals surface area contributed by atoms with Crippen LogP contribution in [0.1, 0.15) is 5.69 Å². The molecule has 0 aromatic carbocycles. The molecule has 0 saturated carbocycles. The number of nitrogens with zero attached hydrogens (tertiary/aromatic N) is 6. The third-order valence-corrected chi connectivity index (χ3v) is 4.44. The van der Waals surface area contributed by atoms with E-state index in [1.54, 1.807) is 19.2 Å². The van der Waals surface area contributed by atoms with Gasteiger partial charge in [-0.25, -0.2) is 9.67 Å². The molecule has 0 unspecified atom stereocenters. The van der Waals surface area contributed by atoms with Gasteiger partial charge in [0.15, 0.2) is 0 Å². The number of hydrogen-bond donors (Lipinski definition) is 0. The average Bonchev–Trinajstić information content (AvgIpc) is 3.00. The lowest BCUT2D eigenvalue weighted by atomic mass is 10.3. The van der Waals surface area contributed by atoms with Crippen molar-refractivity contribution in [3.63, 3.8) is 0 Å². The van der Waals surface area contributed by atoms with Crippen molar-refractivity contribution >= 4 is 11.5 Å². The van der Waals surface area contributed by atoms with Crippen molar-refractivity contribution in [2.75, 3.05) is 31.1 Å². The number of aromatic nitrogens is 4. The van der Waals surface area contributed by atoms with Crippen LogP contribution < -0.4 is 10.5 Å². The molecule has 3 aromatic rings. The standard InChI is InChI=1S/C17H20N6O/c1-20-17(24)6-5-16(19-20)22-10-8-21(9-11-22)12-14-13-23-7-3-2-4-15(23)18-14/h2-7,13H,8-12H2,1H3. The lowest BCUT2D eigenvalue weighted by molar-refractivity contribution is 0.246. The third-order valence-electron chi connectivity index (χ3n) is 4.44. The van der Waals surface area contributed by atoms with E-state index in [2.05, 4.69) is 30.5 Å². The first kappa shape index (κ1) is 14.9. The van der Waals surface area contributed by atoms with Crippen LogP contribution in [0, 0.1) is 0 Å². The van der Waals surface area contributed by atoms with Gasteiger partial charge in [-0.05, 0) is 18.2 Å². The molecule has 0 spiro atoms. The average molecular weight is 324 g/mol. The Balaban J connectivity index is 1.40. The number of aryl methyl sites for hydroxylation is 1. The number of anilines is 1. The molecule has 1 aliphatic heterocycles. The van der Waals surface area contributed by atoms with E-state index in [0.717, 1.165) is 49.9 Å². The van der Waals surface area contributed by atoms with E-state index in [9.17, 15) is 4.79 Å². The van der Waals surface area contributed by atoms with Crippen LogP contribution in [-0.2, 0) is 13.6 Å². The predicted molar refractivity (Wildman–Crippen MR) is 92.2 cm³/mol. The maximum absolute atomic E-state index is 11.4. The number of imidazole rings is 1. The van der Waals surface area contributed by atoms with E-state index in [4.69, 9.17) is 0 Å². The van der Waals surface area contributed by atoms with Gasteiger partial charge in [-0.3, -0.25) is 9.69 Å². The minimum atomic E-state index is -0.0794. The molecule has 0 atom stereocenters. The molecule has 124 valence electrons. The van der Waals surface area contributed by atoms with Crippen LogP contribution in [0.4, 0.5) is 5.82 Å². The third kappa shape index (κ3) is 2.90. The van der Waals surface area contributed by atoms with Crippen molar-refractivity contribution in [1.29, 1.82) is 0 Å². The Morgan fingerprint density at radius 2 is 1.92 bits per heavy atom. The molecule has 1 aliphatic rings. The molecule has 0 N–H and O–H groups in total. The zero-order chi connectivity index (χ0) is 16.5. The molecule has 0 aliphatic carbocycles. The fourth-order valence-corrected chi connectivity index (χ4v) is 3.09. The minimum Gasteiger partial charge on any atom is -0.353 e. The SMILES string of the molecule is Cn1nc(N2CCN(Cc3cn4ccccc4n3)CC2)ccc1=O. The highest BCUT2D eigenvalue weighted by atomic mass is 16.1. The van der Waals surface area contributed by atoms with Gasteiger partial charge in [-0.2, -0.15) is 5.10 Å². The van der Waals surface area contributed by atoms with Crippen LogP contribution >= 0.6 is 0 Å². The molecule has 24 heavy (non-hydrogen) atoms. The summed E-state index contributed by atoms with van der Waals surface area (Å²) in [6, 6.07) is 9.42. The summed E-state index contributed by atoms with van der Waals surface area (Å²) in [6.07, 6.45) is 4.12. The van der Waals surface area contributed by atoms with Crippen molar-refractivity contribution in [2.24, 2.45) is 7.05 Å². The molecular formula is C17H20N6O. The van der Waals surface area contributed by atoms with Crippen molar-refractivity contribution in [3.05, 3.63) is 58.8 Å². The molecule has 4 heterocycles. The monoisotopic (exact) mass is 324 g/mol. The highest BCUT2D eigenvalue weighted by Crippen LogP contribution is 2.14. The summed E-state index contributed by atoms with van der Waals surface area (Å²) in [5, 5.41) is 4.33. The quantitative estimate of drug-likeness (QED) is 0.712. The Hall–Kier alpha value is -2.67. The number of hydrogen-bond acceptors (Lipinski definition) is 5. The van der Waals surface area contributed by atoms with E-state index in [0.29, 0.717) is 0 Å². The topological polar surface area (TPSA) is 58.7 Å². The van der Waals surface area contributed by atoms with Gasteiger partial charge < -0.3 is 9.30 Å². The van der Waals surface area contributed by atoms with Gasteiger partial charge in [-0.15, -0.1) is 0 Å². The first-order valence-corrected chi connectivity index (χ1v) is 8.13. The van der Waals surface area contributed by atoms with Gasteiger partial charge in [0, 0.05) is 58.2 Å². The molecule has 4 rings (SSSR count).